The summed E-state index contributed by atoms with van der Waals surface area (Å²) in [5.74, 6) is 1.23. The fourth-order valence-electron chi connectivity index (χ4n) is 1.78. The first-order chi connectivity index (χ1) is 8.61. The molecule has 0 saturated carbocycles. The van der Waals surface area contributed by atoms with Crippen molar-refractivity contribution in [1.82, 2.24) is 9.97 Å². The summed E-state index contributed by atoms with van der Waals surface area (Å²) in [6.45, 7) is 4.11. The highest BCUT2D eigenvalue weighted by atomic mass is 15.1. The second-order valence-corrected chi connectivity index (χ2v) is 4.18. The summed E-state index contributed by atoms with van der Waals surface area (Å²) in [7, 11) is 1.78. The molecule has 0 saturated heterocycles. The van der Waals surface area contributed by atoms with Crippen molar-refractivity contribution in [3.05, 3.63) is 35.7 Å². The minimum absolute atomic E-state index is 0.514. The molecule has 4 N–H and O–H groups in total. The molecule has 2 aromatic rings. The molecular weight excluding hydrogens is 226 g/mol. The molecule has 1 aromatic heterocycles. The standard InChI is InChI=1S/C13H17N5/c1-8-4-5-10(9(2)6-8)18-13-11(14)12(15-3)16-7-17-13/h4-7H,14H2,1-3H3,(H2,15,16,17,18). The molecule has 0 aliphatic heterocycles. The lowest BCUT2D eigenvalue weighted by Gasteiger charge is -2.12. The Morgan fingerprint density at radius 2 is 1.83 bits per heavy atom. The summed E-state index contributed by atoms with van der Waals surface area (Å²) < 4.78 is 0. The van der Waals surface area contributed by atoms with Crippen LogP contribution in [-0.2, 0) is 0 Å². The van der Waals surface area contributed by atoms with Crippen molar-refractivity contribution < 1.29 is 0 Å². The minimum Gasteiger partial charge on any atom is -0.393 e. The van der Waals surface area contributed by atoms with Gasteiger partial charge in [0, 0.05) is 12.7 Å². The SMILES string of the molecule is CNc1ncnc(Nc2ccc(C)cc2C)c1N. The third-order valence-electron chi connectivity index (χ3n) is 2.76. The first kappa shape index (κ1) is 12.2. The molecule has 94 valence electrons. The molecule has 0 aliphatic rings. The van der Waals surface area contributed by atoms with Crippen LogP contribution in [0, 0.1) is 13.8 Å². The van der Waals surface area contributed by atoms with Gasteiger partial charge in [-0.2, -0.15) is 0 Å². The quantitative estimate of drug-likeness (QED) is 0.772. The molecule has 0 spiro atoms. The summed E-state index contributed by atoms with van der Waals surface area (Å²) in [6.07, 6.45) is 1.48. The molecular formula is C13H17N5. The second-order valence-electron chi connectivity index (χ2n) is 4.18. The van der Waals surface area contributed by atoms with Crippen LogP contribution in [0.25, 0.3) is 0 Å². The van der Waals surface area contributed by atoms with E-state index in [1.54, 1.807) is 7.05 Å². The largest absolute Gasteiger partial charge is 0.393 e. The maximum Gasteiger partial charge on any atom is 0.159 e. The zero-order valence-corrected chi connectivity index (χ0v) is 10.8. The molecule has 0 unspecified atom stereocenters. The number of hydrogen-bond acceptors (Lipinski definition) is 5. The van der Waals surface area contributed by atoms with Gasteiger partial charge in [-0.05, 0) is 25.5 Å². The third kappa shape index (κ3) is 2.34. The molecule has 5 nitrogen and oxygen atoms in total. The van der Waals surface area contributed by atoms with E-state index in [1.165, 1.54) is 11.9 Å². The van der Waals surface area contributed by atoms with E-state index in [2.05, 4.69) is 33.6 Å². The molecule has 2 rings (SSSR count). The van der Waals surface area contributed by atoms with Gasteiger partial charge in [-0.1, -0.05) is 17.7 Å². The number of nitrogens with zero attached hydrogens (tertiary/aromatic N) is 2. The van der Waals surface area contributed by atoms with Crippen molar-refractivity contribution in [2.75, 3.05) is 23.4 Å². The molecule has 0 radical (unpaired) electrons. The Bertz CT molecular complexity index is 565. The number of aromatic nitrogens is 2. The molecule has 0 amide bonds. The normalized spacial score (nSPS) is 10.2. The number of anilines is 4. The van der Waals surface area contributed by atoms with Gasteiger partial charge in [-0.15, -0.1) is 0 Å². The lowest BCUT2D eigenvalue weighted by atomic mass is 10.1. The smallest absolute Gasteiger partial charge is 0.159 e. The summed E-state index contributed by atoms with van der Waals surface area (Å²) >= 11 is 0. The average Bonchev–Trinajstić information content (AvgIpc) is 2.35. The van der Waals surface area contributed by atoms with E-state index in [0.717, 1.165) is 11.3 Å². The van der Waals surface area contributed by atoms with Crippen molar-refractivity contribution in [2.45, 2.75) is 13.8 Å². The van der Waals surface area contributed by atoms with E-state index in [0.29, 0.717) is 17.3 Å². The van der Waals surface area contributed by atoms with E-state index in [1.807, 2.05) is 19.1 Å². The Labute approximate surface area is 106 Å². The first-order valence-electron chi connectivity index (χ1n) is 5.74. The fourth-order valence-corrected chi connectivity index (χ4v) is 1.78. The van der Waals surface area contributed by atoms with Gasteiger partial charge in [0.25, 0.3) is 0 Å². The Balaban J connectivity index is 2.34. The summed E-state index contributed by atoms with van der Waals surface area (Å²) in [5.41, 5.74) is 9.86. The summed E-state index contributed by atoms with van der Waals surface area (Å²) in [6, 6.07) is 6.18. The van der Waals surface area contributed by atoms with Gasteiger partial charge in [0.2, 0.25) is 0 Å². The van der Waals surface area contributed by atoms with Gasteiger partial charge in [0.1, 0.15) is 12.0 Å². The van der Waals surface area contributed by atoms with Crippen LogP contribution in [0.2, 0.25) is 0 Å². The summed E-state index contributed by atoms with van der Waals surface area (Å²) in [5, 5.41) is 6.16. The zero-order chi connectivity index (χ0) is 13.1. The van der Waals surface area contributed by atoms with Crippen molar-refractivity contribution >= 4 is 23.0 Å². The van der Waals surface area contributed by atoms with E-state index in [9.17, 15) is 0 Å². The topological polar surface area (TPSA) is 75.9 Å². The van der Waals surface area contributed by atoms with Gasteiger partial charge >= 0.3 is 0 Å². The van der Waals surface area contributed by atoms with Crippen LogP contribution >= 0.6 is 0 Å². The first-order valence-corrected chi connectivity index (χ1v) is 5.74. The van der Waals surface area contributed by atoms with Crippen LogP contribution in [0.3, 0.4) is 0 Å². The molecule has 0 aliphatic carbocycles. The highest BCUT2D eigenvalue weighted by Crippen LogP contribution is 2.27. The highest BCUT2D eigenvalue weighted by Gasteiger charge is 2.07. The predicted octanol–water partition coefficient (Wildman–Crippen LogP) is 2.46. The van der Waals surface area contributed by atoms with E-state index >= 15 is 0 Å². The molecule has 5 heteroatoms. The maximum absolute atomic E-state index is 5.97. The van der Waals surface area contributed by atoms with E-state index in [4.69, 9.17) is 5.73 Å². The van der Waals surface area contributed by atoms with Crippen LogP contribution in [0.1, 0.15) is 11.1 Å². The van der Waals surface area contributed by atoms with E-state index < -0.39 is 0 Å². The van der Waals surface area contributed by atoms with E-state index in [-0.39, 0.29) is 0 Å². The Hall–Kier alpha value is -2.30. The second kappa shape index (κ2) is 4.91. The Kier molecular flexibility index (Phi) is 3.32. The van der Waals surface area contributed by atoms with Gasteiger partial charge in [-0.3, -0.25) is 0 Å². The highest BCUT2D eigenvalue weighted by molar-refractivity contribution is 5.78. The lowest BCUT2D eigenvalue weighted by molar-refractivity contribution is 1.16. The summed E-state index contributed by atoms with van der Waals surface area (Å²) in [4.78, 5) is 8.21. The van der Waals surface area contributed by atoms with Crippen molar-refractivity contribution in [2.24, 2.45) is 0 Å². The lowest BCUT2D eigenvalue weighted by Crippen LogP contribution is -2.05. The number of rotatable bonds is 3. The average molecular weight is 243 g/mol. The number of nitrogens with two attached hydrogens (primary N) is 1. The Morgan fingerprint density at radius 3 is 2.50 bits per heavy atom. The van der Waals surface area contributed by atoms with Gasteiger partial charge in [0.05, 0.1) is 0 Å². The number of aryl methyl sites for hydroxylation is 2. The molecule has 1 aromatic carbocycles. The van der Waals surface area contributed by atoms with Gasteiger partial charge < -0.3 is 16.4 Å². The van der Waals surface area contributed by atoms with Crippen LogP contribution in [0.15, 0.2) is 24.5 Å². The third-order valence-corrected chi connectivity index (χ3v) is 2.76. The molecule has 0 bridgehead atoms. The van der Waals surface area contributed by atoms with Crippen LogP contribution < -0.4 is 16.4 Å². The molecule has 1 heterocycles. The minimum atomic E-state index is 0.514. The number of hydrogen-bond donors (Lipinski definition) is 3. The van der Waals surface area contributed by atoms with Crippen LogP contribution in [0.5, 0.6) is 0 Å². The molecule has 0 atom stereocenters. The number of nitrogens with one attached hydrogen (secondary N) is 2. The Morgan fingerprint density at radius 1 is 1.11 bits per heavy atom. The number of nitrogen functional groups attached to an aromatic ring is 1. The van der Waals surface area contributed by atoms with Crippen LogP contribution in [0.4, 0.5) is 23.0 Å². The monoisotopic (exact) mass is 243 g/mol. The molecule has 18 heavy (non-hydrogen) atoms. The fraction of sp³-hybridized carbons (Fsp3) is 0.231. The number of benzene rings is 1. The zero-order valence-electron chi connectivity index (χ0n) is 10.8. The maximum atomic E-state index is 5.97. The van der Waals surface area contributed by atoms with Crippen LogP contribution in [-0.4, -0.2) is 17.0 Å². The van der Waals surface area contributed by atoms with Crippen molar-refractivity contribution in [3.63, 3.8) is 0 Å². The van der Waals surface area contributed by atoms with Crippen molar-refractivity contribution in [3.8, 4) is 0 Å². The van der Waals surface area contributed by atoms with Crippen molar-refractivity contribution in [1.29, 1.82) is 0 Å². The van der Waals surface area contributed by atoms with Gasteiger partial charge in [0.15, 0.2) is 11.6 Å². The van der Waals surface area contributed by atoms with Gasteiger partial charge in [-0.25, -0.2) is 9.97 Å². The predicted molar refractivity (Wildman–Crippen MR) is 75.2 cm³/mol. The molecule has 0 fully saturated rings.